The summed E-state index contributed by atoms with van der Waals surface area (Å²) in [6.45, 7) is 2.13. The van der Waals surface area contributed by atoms with Crippen molar-refractivity contribution in [1.82, 2.24) is 4.90 Å². The molecule has 0 radical (unpaired) electrons. The van der Waals surface area contributed by atoms with Crippen molar-refractivity contribution in [3.63, 3.8) is 0 Å². The van der Waals surface area contributed by atoms with E-state index in [9.17, 15) is 19.3 Å². The van der Waals surface area contributed by atoms with Gasteiger partial charge in [-0.25, -0.2) is 4.39 Å². The van der Waals surface area contributed by atoms with Gasteiger partial charge in [-0.15, -0.1) is 0 Å². The SMILES string of the molecule is CCN(C)C(=O)c1cc([N+](=O)[O-])ccc1F. The van der Waals surface area contributed by atoms with E-state index in [-0.39, 0.29) is 11.3 Å². The van der Waals surface area contributed by atoms with Gasteiger partial charge >= 0.3 is 0 Å². The van der Waals surface area contributed by atoms with E-state index in [1.54, 1.807) is 6.92 Å². The molecule has 1 amide bonds. The van der Waals surface area contributed by atoms with Gasteiger partial charge in [-0.05, 0) is 13.0 Å². The maximum atomic E-state index is 13.3. The van der Waals surface area contributed by atoms with E-state index in [0.29, 0.717) is 6.54 Å². The highest BCUT2D eigenvalue weighted by atomic mass is 19.1. The van der Waals surface area contributed by atoms with E-state index in [2.05, 4.69) is 0 Å². The quantitative estimate of drug-likeness (QED) is 0.583. The van der Waals surface area contributed by atoms with Crippen LogP contribution in [0.3, 0.4) is 0 Å². The average molecular weight is 226 g/mol. The zero-order chi connectivity index (χ0) is 12.3. The molecule has 0 aliphatic rings. The lowest BCUT2D eigenvalue weighted by molar-refractivity contribution is -0.384. The van der Waals surface area contributed by atoms with E-state index in [4.69, 9.17) is 0 Å². The Morgan fingerprint density at radius 3 is 2.69 bits per heavy atom. The molecule has 0 saturated heterocycles. The van der Waals surface area contributed by atoms with Crippen LogP contribution >= 0.6 is 0 Å². The van der Waals surface area contributed by atoms with Gasteiger partial charge in [0.25, 0.3) is 11.6 Å². The second kappa shape index (κ2) is 4.69. The molecular formula is C10H11FN2O3. The molecule has 0 atom stereocenters. The van der Waals surface area contributed by atoms with Crippen LogP contribution in [0.4, 0.5) is 10.1 Å². The van der Waals surface area contributed by atoms with Crippen molar-refractivity contribution in [2.75, 3.05) is 13.6 Å². The summed E-state index contributed by atoms with van der Waals surface area (Å²) in [6.07, 6.45) is 0. The monoisotopic (exact) mass is 226 g/mol. The molecule has 0 spiro atoms. The number of nitrogens with zero attached hydrogens (tertiary/aromatic N) is 2. The molecule has 0 aliphatic carbocycles. The number of nitro benzene ring substituents is 1. The largest absolute Gasteiger partial charge is 0.342 e. The molecule has 0 unspecified atom stereocenters. The third kappa shape index (κ3) is 2.33. The number of amides is 1. The van der Waals surface area contributed by atoms with Crippen LogP contribution in [-0.4, -0.2) is 29.3 Å². The number of hydrogen-bond donors (Lipinski definition) is 0. The summed E-state index contributed by atoms with van der Waals surface area (Å²) in [5.41, 5.74) is -0.576. The second-order valence-corrected chi connectivity index (χ2v) is 3.24. The van der Waals surface area contributed by atoms with Crippen LogP contribution in [0.2, 0.25) is 0 Å². The third-order valence-electron chi connectivity index (χ3n) is 2.21. The summed E-state index contributed by atoms with van der Waals surface area (Å²) in [5, 5.41) is 10.5. The fraction of sp³-hybridized carbons (Fsp3) is 0.300. The molecule has 1 aromatic rings. The number of carbonyl (C=O) groups is 1. The molecule has 86 valence electrons. The summed E-state index contributed by atoms with van der Waals surface area (Å²) in [7, 11) is 1.50. The van der Waals surface area contributed by atoms with Crippen LogP contribution in [0.5, 0.6) is 0 Å². The molecular weight excluding hydrogens is 215 g/mol. The maximum absolute atomic E-state index is 13.3. The first-order valence-corrected chi connectivity index (χ1v) is 4.66. The average Bonchev–Trinajstić information content (AvgIpc) is 2.27. The molecule has 16 heavy (non-hydrogen) atoms. The van der Waals surface area contributed by atoms with Crippen molar-refractivity contribution in [3.05, 3.63) is 39.7 Å². The van der Waals surface area contributed by atoms with Crippen molar-refractivity contribution >= 4 is 11.6 Å². The Morgan fingerprint density at radius 1 is 1.56 bits per heavy atom. The zero-order valence-corrected chi connectivity index (χ0v) is 8.94. The fourth-order valence-corrected chi connectivity index (χ4v) is 1.14. The number of carbonyl (C=O) groups excluding carboxylic acids is 1. The molecule has 0 fully saturated rings. The number of non-ortho nitro benzene ring substituents is 1. The topological polar surface area (TPSA) is 63.5 Å². The van der Waals surface area contributed by atoms with E-state index >= 15 is 0 Å². The third-order valence-corrected chi connectivity index (χ3v) is 2.21. The van der Waals surface area contributed by atoms with Crippen LogP contribution in [0.15, 0.2) is 18.2 Å². The predicted octanol–water partition coefficient (Wildman–Crippen LogP) is 1.83. The van der Waals surface area contributed by atoms with Crippen molar-refractivity contribution in [3.8, 4) is 0 Å². The molecule has 1 aromatic carbocycles. The summed E-state index contributed by atoms with van der Waals surface area (Å²) in [6, 6.07) is 2.90. The first-order valence-electron chi connectivity index (χ1n) is 4.66. The Bertz CT molecular complexity index is 434. The van der Waals surface area contributed by atoms with Gasteiger partial charge in [-0.2, -0.15) is 0 Å². The molecule has 0 aromatic heterocycles. The summed E-state index contributed by atoms with van der Waals surface area (Å²) in [4.78, 5) is 22.7. The lowest BCUT2D eigenvalue weighted by atomic mass is 10.1. The first-order chi connectivity index (χ1) is 7.47. The minimum atomic E-state index is -0.754. The molecule has 6 heteroatoms. The Kier molecular flexibility index (Phi) is 3.55. The highest BCUT2D eigenvalue weighted by molar-refractivity contribution is 5.94. The van der Waals surface area contributed by atoms with Crippen LogP contribution in [0, 0.1) is 15.9 Å². The van der Waals surface area contributed by atoms with Gasteiger partial charge in [0.05, 0.1) is 10.5 Å². The van der Waals surface area contributed by atoms with E-state index < -0.39 is 16.6 Å². The van der Waals surface area contributed by atoms with Gasteiger partial charge in [-0.1, -0.05) is 0 Å². The normalized spacial score (nSPS) is 9.94. The van der Waals surface area contributed by atoms with Gasteiger partial charge < -0.3 is 4.90 Å². The number of rotatable bonds is 3. The second-order valence-electron chi connectivity index (χ2n) is 3.24. The molecule has 0 saturated carbocycles. The maximum Gasteiger partial charge on any atom is 0.270 e. The number of hydrogen-bond acceptors (Lipinski definition) is 3. The predicted molar refractivity (Wildman–Crippen MR) is 55.7 cm³/mol. The molecule has 0 heterocycles. The molecule has 0 N–H and O–H groups in total. The van der Waals surface area contributed by atoms with Crippen LogP contribution < -0.4 is 0 Å². The number of halogens is 1. The van der Waals surface area contributed by atoms with Gasteiger partial charge in [0.1, 0.15) is 5.82 Å². The minimum Gasteiger partial charge on any atom is -0.342 e. The summed E-state index contributed by atoms with van der Waals surface area (Å²) < 4.78 is 13.3. The van der Waals surface area contributed by atoms with E-state index in [0.717, 1.165) is 18.2 Å². The standard InChI is InChI=1S/C10H11FN2O3/c1-3-12(2)10(14)8-6-7(13(15)16)4-5-9(8)11/h4-6H,3H2,1-2H3. The Morgan fingerprint density at radius 2 is 2.19 bits per heavy atom. The summed E-state index contributed by atoms with van der Waals surface area (Å²) in [5.74, 6) is -1.32. The van der Waals surface area contributed by atoms with Crippen LogP contribution in [0.25, 0.3) is 0 Å². The molecule has 1 rings (SSSR count). The molecule has 0 aliphatic heterocycles. The Balaban J connectivity index is 3.17. The number of benzene rings is 1. The fourth-order valence-electron chi connectivity index (χ4n) is 1.14. The molecule has 0 bridgehead atoms. The lowest BCUT2D eigenvalue weighted by Crippen LogP contribution is -2.27. The van der Waals surface area contributed by atoms with Gasteiger partial charge in [0.15, 0.2) is 0 Å². The van der Waals surface area contributed by atoms with E-state index in [1.165, 1.54) is 11.9 Å². The van der Waals surface area contributed by atoms with Gasteiger partial charge in [0.2, 0.25) is 0 Å². The van der Waals surface area contributed by atoms with Crippen molar-refractivity contribution < 1.29 is 14.1 Å². The van der Waals surface area contributed by atoms with E-state index in [1.807, 2.05) is 0 Å². The Labute approximate surface area is 91.6 Å². The summed E-state index contributed by atoms with van der Waals surface area (Å²) >= 11 is 0. The van der Waals surface area contributed by atoms with Gasteiger partial charge in [0, 0.05) is 25.7 Å². The van der Waals surface area contributed by atoms with Crippen molar-refractivity contribution in [2.24, 2.45) is 0 Å². The van der Waals surface area contributed by atoms with Crippen LogP contribution in [-0.2, 0) is 0 Å². The number of nitro groups is 1. The van der Waals surface area contributed by atoms with Crippen LogP contribution in [0.1, 0.15) is 17.3 Å². The highest BCUT2D eigenvalue weighted by Crippen LogP contribution is 2.17. The Hall–Kier alpha value is -1.98. The van der Waals surface area contributed by atoms with Gasteiger partial charge in [-0.3, -0.25) is 14.9 Å². The lowest BCUT2D eigenvalue weighted by Gasteiger charge is -2.14. The van der Waals surface area contributed by atoms with Crippen molar-refractivity contribution in [2.45, 2.75) is 6.92 Å². The van der Waals surface area contributed by atoms with Crippen molar-refractivity contribution in [1.29, 1.82) is 0 Å². The smallest absolute Gasteiger partial charge is 0.270 e. The first kappa shape index (κ1) is 12.1. The zero-order valence-electron chi connectivity index (χ0n) is 8.94. The highest BCUT2D eigenvalue weighted by Gasteiger charge is 2.18. The molecule has 5 nitrogen and oxygen atoms in total. The minimum absolute atomic E-state index is 0.279.